The van der Waals surface area contributed by atoms with E-state index in [-0.39, 0.29) is 0 Å². The van der Waals surface area contributed by atoms with Crippen molar-refractivity contribution in [2.75, 3.05) is 0 Å². The molecular formula is C12H8ClN3OS. The third-order valence-electron chi connectivity index (χ3n) is 2.62. The Bertz CT molecular complexity index is 730. The smallest absolute Gasteiger partial charge is 0.210 e. The first-order valence-corrected chi connectivity index (χ1v) is 6.46. The Balaban J connectivity index is 2.25. The number of hydrogen-bond acceptors (Lipinski definition) is 4. The van der Waals surface area contributed by atoms with Gasteiger partial charge in [0, 0.05) is 21.7 Å². The third-order valence-corrected chi connectivity index (χ3v) is 3.77. The van der Waals surface area contributed by atoms with Gasteiger partial charge in [-0.05, 0) is 24.2 Å². The molecule has 0 spiro atoms. The monoisotopic (exact) mass is 277 g/mol. The van der Waals surface area contributed by atoms with Gasteiger partial charge in [0.05, 0.1) is 0 Å². The summed E-state index contributed by atoms with van der Waals surface area (Å²) in [4.78, 5) is 17.3. The van der Waals surface area contributed by atoms with E-state index in [4.69, 9.17) is 11.6 Å². The maximum Gasteiger partial charge on any atom is 0.210 e. The Labute approximate surface area is 112 Å². The van der Waals surface area contributed by atoms with Crippen LogP contribution in [0.25, 0.3) is 16.2 Å². The number of fused-ring (bicyclic) bond motifs is 1. The van der Waals surface area contributed by atoms with E-state index < -0.39 is 0 Å². The van der Waals surface area contributed by atoms with Gasteiger partial charge < -0.3 is 0 Å². The summed E-state index contributed by atoms with van der Waals surface area (Å²) in [5, 5.41) is 3.74. The van der Waals surface area contributed by atoms with Crippen LogP contribution in [0.15, 0.2) is 35.6 Å². The molecule has 1 aromatic carbocycles. The van der Waals surface area contributed by atoms with E-state index in [2.05, 4.69) is 10.2 Å². The van der Waals surface area contributed by atoms with Crippen molar-refractivity contribution in [1.82, 2.24) is 9.38 Å². The second kappa shape index (κ2) is 4.19. The van der Waals surface area contributed by atoms with Gasteiger partial charge in [0.15, 0.2) is 4.96 Å². The Hall–Kier alpha value is -1.72. The molecule has 0 aliphatic rings. The third kappa shape index (κ3) is 1.72. The summed E-state index contributed by atoms with van der Waals surface area (Å²) in [6, 6.07) is 7.20. The highest BCUT2D eigenvalue weighted by Gasteiger charge is 2.16. The Morgan fingerprint density at radius 1 is 1.33 bits per heavy atom. The zero-order valence-electron chi connectivity index (χ0n) is 9.42. The minimum Gasteiger partial charge on any atom is -0.271 e. The zero-order valence-corrected chi connectivity index (χ0v) is 11.0. The number of aryl methyl sites for hydroxylation is 1. The van der Waals surface area contributed by atoms with Crippen LogP contribution in [0.4, 0.5) is 5.82 Å². The normalized spacial score (nSPS) is 11.0. The van der Waals surface area contributed by atoms with Crippen molar-refractivity contribution >= 4 is 33.7 Å². The van der Waals surface area contributed by atoms with Crippen LogP contribution in [0.1, 0.15) is 4.88 Å². The number of rotatable bonds is 2. The van der Waals surface area contributed by atoms with Crippen molar-refractivity contribution in [2.24, 2.45) is 5.18 Å². The molecule has 2 heterocycles. The molecule has 6 heteroatoms. The van der Waals surface area contributed by atoms with Crippen molar-refractivity contribution in [2.45, 2.75) is 6.92 Å². The van der Waals surface area contributed by atoms with E-state index in [1.807, 2.05) is 25.3 Å². The number of imidazole rings is 1. The lowest BCUT2D eigenvalue weighted by atomic mass is 10.1. The number of benzene rings is 1. The molecule has 0 fully saturated rings. The minimum absolute atomic E-state index is 0.330. The van der Waals surface area contributed by atoms with Crippen molar-refractivity contribution in [3.8, 4) is 11.3 Å². The van der Waals surface area contributed by atoms with Crippen molar-refractivity contribution in [1.29, 1.82) is 0 Å². The SMILES string of the molecule is Cc1cn2c(N=O)c(-c3ccc(Cl)cc3)nc2s1. The number of hydrogen-bond donors (Lipinski definition) is 0. The van der Waals surface area contributed by atoms with Gasteiger partial charge in [-0.3, -0.25) is 4.40 Å². The highest BCUT2D eigenvalue weighted by Crippen LogP contribution is 2.34. The number of aromatic nitrogens is 2. The van der Waals surface area contributed by atoms with Gasteiger partial charge in [-0.1, -0.05) is 23.7 Å². The Morgan fingerprint density at radius 2 is 2.06 bits per heavy atom. The summed E-state index contributed by atoms with van der Waals surface area (Å²) in [6.45, 7) is 1.97. The summed E-state index contributed by atoms with van der Waals surface area (Å²) in [5.41, 5.74) is 1.43. The minimum atomic E-state index is 0.330. The summed E-state index contributed by atoms with van der Waals surface area (Å²) in [5.74, 6) is 0.330. The Morgan fingerprint density at radius 3 is 2.72 bits per heavy atom. The second-order valence-electron chi connectivity index (χ2n) is 3.88. The van der Waals surface area contributed by atoms with E-state index in [1.54, 1.807) is 16.5 Å². The lowest BCUT2D eigenvalue weighted by Crippen LogP contribution is -1.79. The predicted octanol–water partition coefficient (Wildman–Crippen LogP) is 4.42. The summed E-state index contributed by atoms with van der Waals surface area (Å²) < 4.78 is 1.72. The highest BCUT2D eigenvalue weighted by atomic mass is 35.5. The van der Waals surface area contributed by atoms with Gasteiger partial charge in [0.2, 0.25) is 5.82 Å². The van der Waals surface area contributed by atoms with Crippen LogP contribution in [-0.4, -0.2) is 9.38 Å². The fourth-order valence-electron chi connectivity index (χ4n) is 1.83. The average Bonchev–Trinajstić information content (AvgIpc) is 2.85. The molecule has 3 rings (SSSR count). The van der Waals surface area contributed by atoms with Gasteiger partial charge >= 0.3 is 0 Å². The topological polar surface area (TPSA) is 46.7 Å². The standard InChI is InChI=1S/C12H8ClN3OS/c1-7-6-16-11(15-17)10(14-12(16)18-7)8-2-4-9(13)5-3-8/h2-6H,1H3. The summed E-state index contributed by atoms with van der Waals surface area (Å²) >= 11 is 7.37. The van der Waals surface area contributed by atoms with Crippen molar-refractivity contribution in [3.05, 3.63) is 45.3 Å². The number of thiazole rings is 1. The maximum absolute atomic E-state index is 11.0. The van der Waals surface area contributed by atoms with Crippen LogP contribution in [0.2, 0.25) is 5.02 Å². The maximum atomic E-state index is 11.0. The molecule has 90 valence electrons. The first kappa shape index (κ1) is 11.4. The molecule has 3 aromatic rings. The molecule has 0 radical (unpaired) electrons. The van der Waals surface area contributed by atoms with Gasteiger partial charge in [-0.15, -0.1) is 16.2 Å². The number of halogens is 1. The molecule has 0 aliphatic carbocycles. The van der Waals surface area contributed by atoms with Crippen LogP contribution in [0, 0.1) is 11.8 Å². The van der Waals surface area contributed by atoms with E-state index in [0.717, 1.165) is 15.4 Å². The molecule has 0 bridgehead atoms. The molecule has 0 N–H and O–H groups in total. The van der Waals surface area contributed by atoms with E-state index in [1.165, 1.54) is 11.3 Å². The summed E-state index contributed by atoms with van der Waals surface area (Å²) in [6.07, 6.45) is 1.86. The lowest BCUT2D eigenvalue weighted by Gasteiger charge is -1.97. The van der Waals surface area contributed by atoms with Crippen LogP contribution >= 0.6 is 22.9 Å². The molecule has 0 amide bonds. The lowest BCUT2D eigenvalue weighted by molar-refractivity contribution is 1.18. The molecular weight excluding hydrogens is 270 g/mol. The molecule has 0 unspecified atom stereocenters. The molecule has 18 heavy (non-hydrogen) atoms. The van der Waals surface area contributed by atoms with Gasteiger partial charge in [-0.2, -0.15) is 0 Å². The zero-order chi connectivity index (χ0) is 12.7. The first-order chi connectivity index (χ1) is 8.69. The van der Waals surface area contributed by atoms with Crippen LogP contribution < -0.4 is 0 Å². The highest BCUT2D eigenvalue weighted by molar-refractivity contribution is 7.17. The number of nitrogens with zero attached hydrogens (tertiary/aromatic N) is 3. The van der Waals surface area contributed by atoms with Crippen LogP contribution in [-0.2, 0) is 0 Å². The number of nitroso groups, excluding NO2 is 1. The first-order valence-electron chi connectivity index (χ1n) is 5.27. The van der Waals surface area contributed by atoms with Gasteiger partial charge in [0.1, 0.15) is 5.69 Å². The molecule has 0 saturated heterocycles. The predicted molar refractivity (Wildman–Crippen MR) is 73.7 cm³/mol. The molecule has 0 atom stereocenters. The largest absolute Gasteiger partial charge is 0.271 e. The summed E-state index contributed by atoms with van der Waals surface area (Å²) in [7, 11) is 0. The van der Waals surface area contributed by atoms with Crippen molar-refractivity contribution < 1.29 is 0 Å². The molecule has 0 saturated carbocycles. The van der Waals surface area contributed by atoms with E-state index in [0.29, 0.717) is 16.5 Å². The van der Waals surface area contributed by atoms with Gasteiger partial charge in [-0.25, -0.2) is 4.98 Å². The second-order valence-corrected chi connectivity index (χ2v) is 5.53. The van der Waals surface area contributed by atoms with Crippen LogP contribution in [0.5, 0.6) is 0 Å². The molecule has 2 aromatic heterocycles. The average molecular weight is 278 g/mol. The fraction of sp³-hybridized carbons (Fsp3) is 0.0833. The van der Waals surface area contributed by atoms with Gasteiger partial charge in [0.25, 0.3) is 0 Å². The van der Waals surface area contributed by atoms with E-state index in [9.17, 15) is 4.91 Å². The van der Waals surface area contributed by atoms with Crippen molar-refractivity contribution in [3.63, 3.8) is 0 Å². The molecule has 4 nitrogen and oxygen atoms in total. The molecule has 0 aliphatic heterocycles. The quantitative estimate of drug-likeness (QED) is 0.651. The van der Waals surface area contributed by atoms with E-state index >= 15 is 0 Å². The van der Waals surface area contributed by atoms with Crippen LogP contribution in [0.3, 0.4) is 0 Å². The fourth-order valence-corrected chi connectivity index (χ4v) is 2.78. The Kier molecular flexibility index (Phi) is 2.65.